The summed E-state index contributed by atoms with van der Waals surface area (Å²) in [5, 5.41) is 3.00. The molecular formula is C15H19BrF3NO. The first-order valence-corrected chi connectivity index (χ1v) is 7.86. The Balaban J connectivity index is 2.16. The second kappa shape index (κ2) is 7.11. The maximum absolute atomic E-state index is 13.2. The molecule has 1 fully saturated rings. The quantitative estimate of drug-likeness (QED) is 0.817. The summed E-state index contributed by atoms with van der Waals surface area (Å²) in [6, 6.07) is 4.02. The van der Waals surface area contributed by atoms with E-state index in [1.54, 1.807) is 19.2 Å². The summed E-state index contributed by atoms with van der Waals surface area (Å²) in [7, 11) is 1.70. The zero-order chi connectivity index (χ0) is 15.5. The molecule has 1 aromatic rings. The fourth-order valence-electron chi connectivity index (χ4n) is 2.76. The second-order valence-corrected chi connectivity index (χ2v) is 6.20. The van der Waals surface area contributed by atoms with Crippen LogP contribution in [-0.4, -0.2) is 19.8 Å². The normalized spacial score (nSPS) is 20.7. The van der Waals surface area contributed by atoms with E-state index in [1.165, 1.54) is 0 Å². The Bertz CT molecular complexity index is 472. The molecule has 118 valence electrons. The third-order valence-corrected chi connectivity index (χ3v) is 4.34. The Morgan fingerprint density at radius 3 is 2.76 bits per heavy atom. The predicted octanol–water partition coefficient (Wildman–Crippen LogP) is 4.69. The van der Waals surface area contributed by atoms with Crippen molar-refractivity contribution in [2.45, 2.75) is 44.0 Å². The lowest BCUT2D eigenvalue weighted by Gasteiger charge is -2.23. The zero-order valence-electron chi connectivity index (χ0n) is 11.8. The Labute approximate surface area is 131 Å². The molecule has 1 aliphatic heterocycles. The van der Waals surface area contributed by atoms with Crippen LogP contribution >= 0.6 is 15.9 Å². The Hall–Kier alpha value is -0.590. The summed E-state index contributed by atoms with van der Waals surface area (Å²) in [5.41, 5.74) is -0.283. The third-order valence-electron chi connectivity index (χ3n) is 3.85. The molecule has 0 amide bonds. The predicted molar refractivity (Wildman–Crippen MR) is 79.2 cm³/mol. The molecule has 2 atom stereocenters. The number of nitrogens with one attached hydrogen (secondary N) is 1. The van der Waals surface area contributed by atoms with Gasteiger partial charge >= 0.3 is 6.18 Å². The molecule has 1 saturated heterocycles. The monoisotopic (exact) mass is 365 g/mol. The summed E-state index contributed by atoms with van der Waals surface area (Å²) in [6.07, 6.45) is -0.710. The van der Waals surface area contributed by atoms with Gasteiger partial charge in [-0.25, -0.2) is 0 Å². The molecule has 0 spiro atoms. The van der Waals surface area contributed by atoms with Crippen LogP contribution in [0.3, 0.4) is 0 Å². The third kappa shape index (κ3) is 4.44. The van der Waals surface area contributed by atoms with E-state index in [0.717, 1.165) is 31.9 Å². The molecule has 0 saturated carbocycles. The topological polar surface area (TPSA) is 21.3 Å². The van der Waals surface area contributed by atoms with E-state index in [0.29, 0.717) is 16.5 Å². The number of alkyl halides is 3. The molecule has 0 aliphatic carbocycles. The summed E-state index contributed by atoms with van der Waals surface area (Å²) in [4.78, 5) is 0. The van der Waals surface area contributed by atoms with Crippen molar-refractivity contribution in [3.8, 4) is 0 Å². The molecule has 2 unspecified atom stereocenters. The first kappa shape index (κ1) is 16.8. The van der Waals surface area contributed by atoms with E-state index in [9.17, 15) is 13.2 Å². The maximum Gasteiger partial charge on any atom is 0.416 e. The van der Waals surface area contributed by atoms with Crippen LogP contribution in [0.1, 0.15) is 42.9 Å². The van der Waals surface area contributed by atoms with Crippen molar-refractivity contribution in [3.63, 3.8) is 0 Å². The number of benzene rings is 1. The Morgan fingerprint density at radius 1 is 1.43 bits per heavy atom. The summed E-state index contributed by atoms with van der Waals surface area (Å²) >= 11 is 3.11. The van der Waals surface area contributed by atoms with Crippen molar-refractivity contribution >= 4 is 15.9 Å². The Morgan fingerprint density at radius 2 is 2.19 bits per heavy atom. The minimum Gasteiger partial charge on any atom is -0.378 e. The van der Waals surface area contributed by atoms with Crippen LogP contribution < -0.4 is 5.32 Å². The molecule has 2 rings (SSSR count). The number of hydrogen-bond donors (Lipinski definition) is 1. The average Bonchev–Trinajstić information content (AvgIpc) is 2.93. The molecule has 1 N–H and O–H groups in total. The lowest BCUT2D eigenvalue weighted by Crippen LogP contribution is -2.22. The van der Waals surface area contributed by atoms with Gasteiger partial charge < -0.3 is 10.1 Å². The molecule has 0 bridgehead atoms. The summed E-state index contributed by atoms with van der Waals surface area (Å²) in [6.45, 7) is 0.765. The van der Waals surface area contributed by atoms with Crippen molar-refractivity contribution in [2.75, 3.05) is 13.7 Å². The molecular weight excluding hydrogens is 347 g/mol. The van der Waals surface area contributed by atoms with Gasteiger partial charge in [0.15, 0.2) is 0 Å². The maximum atomic E-state index is 13.2. The van der Waals surface area contributed by atoms with Crippen LogP contribution in [0.5, 0.6) is 0 Å². The van der Waals surface area contributed by atoms with Gasteiger partial charge in [0.2, 0.25) is 0 Å². The van der Waals surface area contributed by atoms with Gasteiger partial charge in [0.25, 0.3) is 0 Å². The van der Waals surface area contributed by atoms with Gasteiger partial charge in [-0.05, 0) is 50.4 Å². The van der Waals surface area contributed by atoms with Crippen molar-refractivity contribution in [3.05, 3.63) is 33.8 Å². The molecule has 1 heterocycles. The van der Waals surface area contributed by atoms with Crippen LogP contribution in [0.25, 0.3) is 0 Å². The fraction of sp³-hybridized carbons (Fsp3) is 0.600. The highest BCUT2D eigenvalue weighted by atomic mass is 79.9. The molecule has 1 aromatic carbocycles. The second-order valence-electron chi connectivity index (χ2n) is 5.28. The first-order valence-electron chi connectivity index (χ1n) is 7.07. The summed E-state index contributed by atoms with van der Waals surface area (Å²) < 4.78 is 45.6. The van der Waals surface area contributed by atoms with Crippen molar-refractivity contribution in [1.29, 1.82) is 0 Å². The van der Waals surface area contributed by atoms with Gasteiger partial charge in [0.05, 0.1) is 11.7 Å². The lowest BCUT2D eigenvalue weighted by atomic mass is 9.95. The van der Waals surface area contributed by atoms with E-state index in [4.69, 9.17) is 4.74 Å². The highest BCUT2D eigenvalue weighted by Gasteiger charge is 2.35. The summed E-state index contributed by atoms with van der Waals surface area (Å²) in [5.74, 6) is 0. The van der Waals surface area contributed by atoms with Crippen molar-refractivity contribution in [2.24, 2.45) is 0 Å². The first-order chi connectivity index (χ1) is 9.91. The van der Waals surface area contributed by atoms with Gasteiger partial charge in [-0.1, -0.05) is 22.0 Å². The molecule has 0 aromatic heterocycles. The number of rotatable bonds is 5. The van der Waals surface area contributed by atoms with Crippen LogP contribution in [-0.2, 0) is 10.9 Å². The van der Waals surface area contributed by atoms with Crippen LogP contribution in [0, 0.1) is 0 Å². The molecule has 2 nitrogen and oxygen atoms in total. The van der Waals surface area contributed by atoms with Crippen LogP contribution in [0.2, 0.25) is 0 Å². The van der Waals surface area contributed by atoms with Crippen molar-refractivity contribution < 1.29 is 17.9 Å². The van der Waals surface area contributed by atoms with Gasteiger partial charge in [-0.15, -0.1) is 0 Å². The van der Waals surface area contributed by atoms with E-state index < -0.39 is 11.7 Å². The standard InChI is InChI=1S/C15H19BrF3NO/c1-20-14(7-5-11-3-2-8-21-11)12-6-4-10(16)9-13(12)15(17,18)19/h4,6,9,11,14,20H,2-3,5,7-8H2,1H3. The smallest absolute Gasteiger partial charge is 0.378 e. The van der Waals surface area contributed by atoms with Crippen LogP contribution in [0.15, 0.2) is 22.7 Å². The van der Waals surface area contributed by atoms with E-state index in [-0.39, 0.29) is 12.1 Å². The van der Waals surface area contributed by atoms with Gasteiger partial charge in [0.1, 0.15) is 0 Å². The van der Waals surface area contributed by atoms with Crippen LogP contribution in [0.4, 0.5) is 13.2 Å². The Kier molecular flexibility index (Phi) is 5.68. The zero-order valence-corrected chi connectivity index (χ0v) is 13.4. The highest BCUT2D eigenvalue weighted by Crippen LogP contribution is 2.37. The fourth-order valence-corrected chi connectivity index (χ4v) is 3.12. The number of hydrogen-bond acceptors (Lipinski definition) is 2. The largest absolute Gasteiger partial charge is 0.416 e. The number of halogens is 4. The molecule has 1 aliphatic rings. The van der Waals surface area contributed by atoms with Crippen molar-refractivity contribution in [1.82, 2.24) is 5.32 Å². The van der Waals surface area contributed by atoms with E-state index >= 15 is 0 Å². The van der Waals surface area contributed by atoms with Gasteiger partial charge in [0, 0.05) is 17.1 Å². The van der Waals surface area contributed by atoms with E-state index in [1.807, 2.05) is 0 Å². The van der Waals surface area contributed by atoms with E-state index in [2.05, 4.69) is 21.2 Å². The number of ether oxygens (including phenoxy) is 1. The lowest BCUT2D eigenvalue weighted by molar-refractivity contribution is -0.138. The minimum atomic E-state index is -4.35. The minimum absolute atomic E-state index is 0.186. The molecule has 6 heteroatoms. The average molecular weight is 366 g/mol. The van der Waals surface area contributed by atoms with Gasteiger partial charge in [-0.2, -0.15) is 13.2 Å². The molecule has 21 heavy (non-hydrogen) atoms. The highest BCUT2D eigenvalue weighted by molar-refractivity contribution is 9.10. The van der Waals surface area contributed by atoms with Gasteiger partial charge in [-0.3, -0.25) is 0 Å². The SMILES string of the molecule is CNC(CCC1CCCO1)c1ccc(Br)cc1C(F)(F)F. The molecule has 0 radical (unpaired) electrons.